The van der Waals surface area contributed by atoms with Gasteiger partial charge in [-0.15, -0.1) is 0 Å². The van der Waals surface area contributed by atoms with E-state index in [1.807, 2.05) is 12.1 Å². The van der Waals surface area contributed by atoms with Crippen molar-refractivity contribution in [2.24, 2.45) is 0 Å². The van der Waals surface area contributed by atoms with Crippen molar-refractivity contribution in [2.75, 3.05) is 11.5 Å². The molecule has 4 N–H and O–H groups in total. The molecule has 2 aromatic rings. The highest BCUT2D eigenvalue weighted by Crippen LogP contribution is 2.29. The molecule has 2 aromatic carbocycles. The predicted molar refractivity (Wildman–Crippen MR) is 60.7 cm³/mol. The fraction of sp³-hybridized carbons (Fsp3) is 0. The first kappa shape index (κ1) is 9.52. The predicted octanol–water partition coefficient (Wildman–Crippen LogP) is 2.66. The lowest BCUT2D eigenvalue weighted by atomic mass is 10.0. The summed E-state index contributed by atoms with van der Waals surface area (Å²) in [6.07, 6.45) is 0. The van der Waals surface area contributed by atoms with Crippen molar-refractivity contribution >= 4 is 11.4 Å². The Balaban J connectivity index is 2.64. The smallest absolute Gasteiger partial charge is 0.131 e. The van der Waals surface area contributed by atoms with Crippen molar-refractivity contribution in [3.05, 3.63) is 48.3 Å². The van der Waals surface area contributed by atoms with Crippen LogP contribution in [0.4, 0.5) is 15.8 Å². The molecule has 0 heterocycles. The molecule has 0 fully saturated rings. The Bertz CT molecular complexity index is 495. The quantitative estimate of drug-likeness (QED) is 0.698. The number of hydrogen-bond acceptors (Lipinski definition) is 2. The summed E-state index contributed by atoms with van der Waals surface area (Å²) in [6, 6.07) is 11.6. The minimum absolute atomic E-state index is 0.317. The number of nitrogen functional groups attached to an aromatic ring is 2. The molecular weight excluding hydrogens is 191 g/mol. The lowest BCUT2D eigenvalue weighted by molar-refractivity contribution is 0.631. The maximum atomic E-state index is 13.5. The van der Waals surface area contributed by atoms with Crippen LogP contribution in [0.3, 0.4) is 0 Å². The summed E-state index contributed by atoms with van der Waals surface area (Å²) in [5.41, 5.74) is 13.5. The highest BCUT2D eigenvalue weighted by atomic mass is 19.1. The summed E-state index contributed by atoms with van der Waals surface area (Å²) >= 11 is 0. The van der Waals surface area contributed by atoms with Crippen molar-refractivity contribution in [3.63, 3.8) is 0 Å². The van der Waals surface area contributed by atoms with Gasteiger partial charge in [0.15, 0.2) is 0 Å². The summed E-state index contributed by atoms with van der Waals surface area (Å²) < 4.78 is 13.5. The molecule has 76 valence electrons. The Hall–Kier alpha value is -2.03. The van der Waals surface area contributed by atoms with E-state index in [9.17, 15) is 4.39 Å². The van der Waals surface area contributed by atoms with E-state index in [-0.39, 0.29) is 5.82 Å². The number of benzene rings is 2. The zero-order chi connectivity index (χ0) is 10.8. The average Bonchev–Trinajstić information content (AvgIpc) is 2.23. The van der Waals surface area contributed by atoms with Crippen molar-refractivity contribution < 1.29 is 4.39 Å². The molecular formula is C12H11FN2. The maximum Gasteiger partial charge on any atom is 0.131 e. The molecule has 0 unspecified atom stereocenters. The van der Waals surface area contributed by atoms with Crippen LogP contribution in [-0.4, -0.2) is 0 Å². The van der Waals surface area contributed by atoms with Crippen molar-refractivity contribution in [3.8, 4) is 11.1 Å². The third kappa shape index (κ3) is 1.76. The van der Waals surface area contributed by atoms with Crippen LogP contribution in [0.2, 0.25) is 0 Å². The normalized spacial score (nSPS) is 10.2. The lowest BCUT2D eigenvalue weighted by Crippen LogP contribution is -1.93. The van der Waals surface area contributed by atoms with Gasteiger partial charge in [0.25, 0.3) is 0 Å². The molecule has 0 radical (unpaired) electrons. The van der Waals surface area contributed by atoms with Gasteiger partial charge in [0, 0.05) is 22.5 Å². The number of rotatable bonds is 1. The molecule has 0 atom stereocenters. The second-order valence-electron chi connectivity index (χ2n) is 3.33. The number of halogens is 1. The van der Waals surface area contributed by atoms with Crippen LogP contribution in [0.15, 0.2) is 42.5 Å². The van der Waals surface area contributed by atoms with Gasteiger partial charge in [0.1, 0.15) is 5.82 Å². The van der Waals surface area contributed by atoms with Gasteiger partial charge in [0.05, 0.1) is 0 Å². The molecule has 0 aromatic heterocycles. The lowest BCUT2D eigenvalue weighted by Gasteiger charge is -2.07. The summed E-state index contributed by atoms with van der Waals surface area (Å²) in [5, 5.41) is 0. The van der Waals surface area contributed by atoms with Crippen LogP contribution in [0, 0.1) is 5.82 Å². The molecule has 3 heteroatoms. The van der Waals surface area contributed by atoms with Crippen LogP contribution >= 0.6 is 0 Å². The summed E-state index contributed by atoms with van der Waals surface area (Å²) in [4.78, 5) is 0. The molecule has 0 spiro atoms. The number of para-hydroxylation sites is 1. The first-order valence-electron chi connectivity index (χ1n) is 4.58. The van der Waals surface area contributed by atoms with Gasteiger partial charge in [-0.2, -0.15) is 0 Å². The van der Waals surface area contributed by atoms with Gasteiger partial charge in [-0.25, -0.2) is 4.39 Å². The molecule has 0 bridgehead atoms. The first-order chi connectivity index (χ1) is 7.18. The molecule has 0 aliphatic carbocycles. The van der Waals surface area contributed by atoms with E-state index >= 15 is 0 Å². The number of hydrogen-bond donors (Lipinski definition) is 2. The second-order valence-corrected chi connectivity index (χ2v) is 3.33. The third-order valence-corrected chi connectivity index (χ3v) is 2.24. The number of nitrogens with two attached hydrogens (primary N) is 2. The van der Waals surface area contributed by atoms with Gasteiger partial charge in [-0.3, -0.25) is 0 Å². The summed E-state index contributed by atoms with van der Waals surface area (Å²) in [6.45, 7) is 0. The Labute approximate surface area is 87.3 Å². The summed E-state index contributed by atoms with van der Waals surface area (Å²) in [7, 11) is 0. The van der Waals surface area contributed by atoms with Crippen LogP contribution in [-0.2, 0) is 0 Å². The topological polar surface area (TPSA) is 52.0 Å². The van der Waals surface area contributed by atoms with Crippen LogP contribution < -0.4 is 11.5 Å². The molecule has 0 aliphatic heterocycles. The minimum Gasteiger partial charge on any atom is -0.399 e. The van der Waals surface area contributed by atoms with Crippen LogP contribution in [0.1, 0.15) is 0 Å². The van der Waals surface area contributed by atoms with Crippen molar-refractivity contribution in [1.82, 2.24) is 0 Å². The number of anilines is 2. The van der Waals surface area contributed by atoms with Crippen molar-refractivity contribution in [2.45, 2.75) is 0 Å². The zero-order valence-electron chi connectivity index (χ0n) is 8.07. The Morgan fingerprint density at radius 2 is 1.60 bits per heavy atom. The van der Waals surface area contributed by atoms with E-state index < -0.39 is 0 Å². The van der Waals surface area contributed by atoms with E-state index in [2.05, 4.69) is 0 Å². The molecule has 15 heavy (non-hydrogen) atoms. The van der Waals surface area contributed by atoms with E-state index in [4.69, 9.17) is 11.5 Å². The third-order valence-electron chi connectivity index (χ3n) is 2.24. The summed E-state index contributed by atoms with van der Waals surface area (Å²) in [5.74, 6) is -0.317. The van der Waals surface area contributed by atoms with Gasteiger partial charge >= 0.3 is 0 Å². The largest absolute Gasteiger partial charge is 0.399 e. The fourth-order valence-electron chi connectivity index (χ4n) is 1.49. The second kappa shape index (κ2) is 3.61. The monoisotopic (exact) mass is 202 g/mol. The molecule has 0 aliphatic rings. The standard InChI is InChI=1S/C12H11FN2/c13-11-6-5-8(14)7-10(11)9-3-1-2-4-12(9)15/h1-7H,14-15H2. The fourth-order valence-corrected chi connectivity index (χ4v) is 1.49. The van der Waals surface area contributed by atoms with Gasteiger partial charge in [-0.1, -0.05) is 18.2 Å². The van der Waals surface area contributed by atoms with Crippen LogP contribution in [0.25, 0.3) is 11.1 Å². The molecule has 0 saturated heterocycles. The molecule has 0 amide bonds. The highest BCUT2D eigenvalue weighted by Gasteiger charge is 2.07. The zero-order valence-corrected chi connectivity index (χ0v) is 8.07. The van der Waals surface area contributed by atoms with E-state index in [0.29, 0.717) is 22.5 Å². The van der Waals surface area contributed by atoms with Crippen LogP contribution in [0.5, 0.6) is 0 Å². The maximum absolute atomic E-state index is 13.5. The average molecular weight is 202 g/mol. The highest BCUT2D eigenvalue weighted by molar-refractivity contribution is 5.78. The molecule has 2 nitrogen and oxygen atoms in total. The van der Waals surface area contributed by atoms with E-state index in [1.165, 1.54) is 12.1 Å². The molecule has 0 saturated carbocycles. The van der Waals surface area contributed by atoms with Gasteiger partial charge in [0.2, 0.25) is 0 Å². The Kier molecular flexibility index (Phi) is 2.29. The van der Waals surface area contributed by atoms with Gasteiger partial charge < -0.3 is 11.5 Å². The molecule has 2 rings (SSSR count). The Morgan fingerprint density at radius 1 is 0.867 bits per heavy atom. The van der Waals surface area contributed by atoms with E-state index in [0.717, 1.165) is 0 Å². The first-order valence-corrected chi connectivity index (χ1v) is 4.58. The SMILES string of the molecule is Nc1ccc(F)c(-c2ccccc2N)c1. The minimum atomic E-state index is -0.317. The van der Waals surface area contributed by atoms with E-state index in [1.54, 1.807) is 18.2 Å². The van der Waals surface area contributed by atoms with Gasteiger partial charge in [-0.05, 0) is 24.3 Å². The van der Waals surface area contributed by atoms with Crippen molar-refractivity contribution in [1.29, 1.82) is 0 Å². The Morgan fingerprint density at radius 3 is 2.33 bits per heavy atom.